The zero-order valence-electron chi connectivity index (χ0n) is 12.6. The van der Waals surface area contributed by atoms with Crippen LogP contribution in [0.3, 0.4) is 0 Å². The molecule has 2 heterocycles. The quantitative estimate of drug-likeness (QED) is 0.781. The fourth-order valence-corrected chi connectivity index (χ4v) is 3.47. The fourth-order valence-electron chi connectivity index (χ4n) is 2.48. The molecule has 0 aliphatic carbocycles. The van der Waals surface area contributed by atoms with Crippen LogP contribution in [0.5, 0.6) is 0 Å². The van der Waals surface area contributed by atoms with Crippen LogP contribution in [0.25, 0.3) is 0 Å². The molecule has 2 amide bonds. The zero-order valence-corrected chi connectivity index (χ0v) is 13.4. The Kier molecular flexibility index (Phi) is 4.20. The Morgan fingerprint density at radius 2 is 1.92 bits per heavy atom. The monoisotopic (exact) mass is 397 g/mol. The smallest absolute Gasteiger partial charge is 0.312 e. The molecule has 1 fully saturated rings. The number of hydrogen-bond acceptors (Lipinski definition) is 4. The molecular weight excluding hydrogens is 388 g/mol. The standard InChI is InChI=1S/C14H9F6N3O2S/c15-13(16,17)8-3-1-2-7(6-8)9(24)21-12(14(18,19)20)10(25)23-4-5-26-11(23)22-12/h1-3,6H,4-5H2,(H,21,24)/t12-/m1/s1. The van der Waals surface area contributed by atoms with Crippen LogP contribution in [0, 0.1) is 0 Å². The van der Waals surface area contributed by atoms with Crippen LogP contribution < -0.4 is 5.32 Å². The molecule has 1 atom stereocenters. The van der Waals surface area contributed by atoms with Gasteiger partial charge in [0.1, 0.15) is 0 Å². The molecule has 1 aromatic carbocycles. The van der Waals surface area contributed by atoms with Gasteiger partial charge in [-0.15, -0.1) is 0 Å². The van der Waals surface area contributed by atoms with Crippen LogP contribution in [0.4, 0.5) is 26.3 Å². The molecule has 5 nitrogen and oxygen atoms in total. The van der Waals surface area contributed by atoms with Crippen molar-refractivity contribution in [2.45, 2.75) is 18.0 Å². The first-order valence-corrected chi connectivity index (χ1v) is 8.05. The Bertz CT molecular complexity index is 807. The van der Waals surface area contributed by atoms with Crippen LogP contribution in [0.2, 0.25) is 0 Å². The van der Waals surface area contributed by atoms with Gasteiger partial charge in [0.05, 0.1) is 5.56 Å². The average Bonchev–Trinajstić information content (AvgIpc) is 3.08. The summed E-state index contributed by atoms with van der Waals surface area (Å²) in [5.41, 5.74) is -5.41. The lowest BCUT2D eigenvalue weighted by Crippen LogP contribution is -2.63. The Hall–Kier alpha value is -2.24. The third-order valence-electron chi connectivity index (χ3n) is 3.75. The first-order valence-electron chi connectivity index (χ1n) is 7.07. The van der Waals surface area contributed by atoms with E-state index >= 15 is 0 Å². The first kappa shape index (κ1) is 18.5. The molecular formula is C14H9F6N3O2S. The molecule has 26 heavy (non-hydrogen) atoms. The summed E-state index contributed by atoms with van der Waals surface area (Å²) in [4.78, 5) is 28.5. The Labute approximate surface area is 146 Å². The predicted molar refractivity (Wildman–Crippen MR) is 79.3 cm³/mol. The number of rotatable bonds is 2. The predicted octanol–water partition coefficient (Wildman–Crippen LogP) is 2.64. The maximum absolute atomic E-state index is 13.6. The third kappa shape index (κ3) is 2.91. The molecule has 0 spiro atoms. The summed E-state index contributed by atoms with van der Waals surface area (Å²) in [5.74, 6) is -2.61. The van der Waals surface area contributed by atoms with E-state index < -0.39 is 41.0 Å². The van der Waals surface area contributed by atoms with Crippen molar-refractivity contribution in [2.24, 2.45) is 4.99 Å². The highest BCUT2D eigenvalue weighted by atomic mass is 32.2. The summed E-state index contributed by atoms with van der Waals surface area (Å²) >= 11 is 0.919. The van der Waals surface area contributed by atoms with Gasteiger partial charge >= 0.3 is 18.0 Å². The number of carbonyl (C=O) groups excluding carboxylic acids is 2. The molecule has 0 aromatic heterocycles. The molecule has 12 heteroatoms. The number of benzene rings is 1. The molecule has 2 aliphatic rings. The number of amidine groups is 1. The van der Waals surface area contributed by atoms with Gasteiger partial charge in [-0.05, 0) is 18.2 Å². The molecule has 0 radical (unpaired) electrons. The summed E-state index contributed by atoms with van der Waals surface area (Å²) in [6.07, 6.45) is -10.0. The lowest BCUT2D eigenvalue weighted by atomic mass is 10.1. The third-order valence-corrected chi connectivity index (χ3v) is 4.71. The minimum Gasteiger partial charge on any atom is -0.312 e. The minimum absolute atomic E-state index is 0.000404. The molecule has 0 bridgehead atoms. The van der Waals surface area contributed by atoms with Crippen LogP contribution in [0.15, 0.2) is 29.3 Å². The van der Waals surface area contributed by atoms with Crippen molar-refractivity contribution >= 4 is 28.7 Å². The highest BCUT2D eigenvalue weighted by Gasteiger charge is 2.67. The number of alkyl halides is 6. The maximum atomic E-state index is 13.6. The van der Waals surface area contributed by atoms with Crippen LogP contribution in [0.1, 0.15) is 15.9 Å². The lowest BCUT2D eigenvalue weighted by molar-refractivity contribution is -0.196. The van der Waals surface area contributed by atoms with E-state index in [1.54, 1.807) is 0 Å². The zero-order chi connectivity index (χ0) is 19.3. The van der Waals surface area contributed by atoms with Gasteiger partial charge in [-0.2, -0.15) is 26.3 Å². The van der Waals surface area contributed by atoms with E-state index in [1.165, 1.54) is 5.32 Å². The Morgan fingerprint density at radius 3 is 2.50 bits per heavy atom. The molecule has 3 rings (SSSR count). The number of halogens is 6. The van der Waals surface area contributed by atoms with Gasteiger partial charge in [-0.25, -0.2) is 4.99 Å². The van der Waals surface area contributed by atoms with Gasteiger partial charge in [-0.3, -0.25) is 14.5 Å². The van der Waals surface area contributed by atoms with Crippen molar-refractivity contribution in [1.82, 2.24) is 10.2 Å². The molecule has 140 valence electrons. The van der Waals surface area contributed by atoms with Gasteiger partial charge in [0, 0.05) is 17.9 Å². The second-order valence-corrected chi connectivity index (χ2v) is 6.50. The first-order chi connectivity index (χ1) is 12.0. The summed E-state index contributed by atoms with van der Waals surface area (Å²) in [6, 6.07) is 2.87. The van der Waals surface area contributed by atoms with E-state index in [0.717, 1.165) is 28.8 Å². The minimum atomic E-state index is -5.26. The highest BCUT2D eigenvalue weighted by Crippen LogP contribution is 2.41. The number of carbonyl (C=O) groups is 2. The van der Waals surface area contributed by atoms with Crippen molar-refractivity contribution < 1.29 is 35.9 Å². The van der Waals surface area contributed by atoms with E-state index in [4.69, 9.17) is 0 Å². The van der Waals surface area contributed by atoms with Gasteiger partial charge in [0.15, 0.2) is 5.17 Å². The number of nitrogens with one attached hydrogen (secondary N) is 1. The van der Waals surface area contributed by atoms with Gasteiger partial charge in [0.2, 0.25) is 0 Å². The van der Waals surface area contributed by atoms with Crippen LogP contribution >= 0.6 is 11.8 Å². The van der Waals surface area contributed by atoms with E-state index in [2.05, 4.69) is 4.99 Å². The second-order valence-electron chi connectivity index (χ2n) is 5.44. The summed E-state index contributed by atoms with van der Waals surface area (Å²) in [6.45, 7) is -0.000404. The van der Waals surface area contributed by atoms with Gasteiger partial charge in [0.25, 0.3) is 11.8 Å². The maximum Gasteiger partial charge on any atom is 0.442 e. The summed E-state index contributed by atoms with van der Waals surface area (Å²) in [5, 5.41) is 1.30. The van der Waals surface area contributed by atoms with Crippen LogP contribution in [-0.2, 0) is 11.0 Å². The number of amides is 2. The van der Waals surface area contributed by atoms with E-state index in [0.29, 0.717) is 17.9 Å². The molecule has 0 saturated carbocycles. The van der Waals surface area contributed by atoms with Crippen LogP contribution in [-0.4, -0.2) is 46.0 Å². The average molecular weight is 397 g/mol. The number of hydrogen-bond donors (Lipinski definition) is 1. The summed E-state index contributed by atoms with van der Waals surface area (Å²) < 4.78 is 78.8. The lowest BCUT2D eigenvalue weighted by Gasteiger charge is -2.28. The fraction of sp³-hybridized carbons (Fsp3) is 0.357. The van der Waals surface area contributed by atoms with Gasteiger partial charge in [-0.1, -0.05) is 17.8 Å². The van der Waals surface area contributed by atoms with Crippen molar-refractivity contribution in [2.75, 3.05) is 12.3 Å². The van der Waals surface area contributed by atoms with E-state index in [-0.39, 0.29) is 11.7 Å². The molecule has 1 aromatic rings. The highest BCUT2D eigenvalue weighted by molar-refractivity contribution is 8.14. The number of aliphatic imine (C=N–C) groups is 1. The molecule has 1 saturated heterocycles. The molecule has 1 N–H and O–H groups in total. The molecule has 2 aliphatic heterocycles. The SMILES string of the molecule is O=C(N[C@@]1(C(F)(F)F)N=C2SCCN2C1=O)c1cccc(C(F)(F)F)c1. The van der Waals surface area contributed by atoms with Crippen molar-refractivity contribution in [1.29, 1.82) is 0 Å². The van der Waals surface area contributed by atoms with Crippen molar-refractivity contribution in [3.05, 3.63) is 35.4 Å². The number of nitrogens with zero attached hydrogens (tertiary/aromatic N) is 2. The van der Waals surface area contributed by atoms with E-state index in [1.807, 2.05) is 0 Å². The van der Waals surface area contributed by atoms with Gasteiger partial charge < -0.3 is 5.32 Å². The Morgan fingerprint density at radius 1 is 1.23 bits per heavy atom. The van der Waals surface area contributed by atoms with Crippen molar-refractivity contribution in [3.8, 4) is 0 Å². The normalized spacial score (nSPS) is 23.1. The van der Waals surface area contributed by atoms with Crippen molar-refractivity contribution in [3.63, 3.8) is 0 Å². The largest absolute Gasteiger partial charge is 0.442 e. The topological polar surface area (TPSA) is 61.8 Å². The molecule has 0 unspecified atom stereocenters. The van der Waals surface area contributed by atoms with E-state index in [9.17, 15) is 35.9 Å². The number of fused-ring (bicyclic) bond motifs is 1. The Balaban J connectivity index is 1.96. The second kappa shape index (κ2) is 5.89. The summed E-state index contributed by atoms with van der Waals surface area (Å²) in [7, 11) is 0. The number of thioether (sulfide) groups is 1.